The summed E-state index contributed by atoms with van der Waals surface area (Å²) in [6.45, 7) is 1.59. The molecule has 1 N–H and O–H groups in total. The predicted octanol–water partition coefficient (Wildman–Crippen LogP) is 2.89. The normalized spacial score (nSPS) is 23.3. The standard InChI is InChI=1S/C15H19BrO3/c1-18-13-4-3-11(16)7-12(13)15(9-19-10-15)14(8-17)5-2-6-14/h3-4,7,17H,2,5-6,8-10H2,1H3. The number of aliphatic hydroxyl groups excluding tert-OH is 1. The van der Waals surface area contributed by atoms with Crippen molar-refractivity contribution in [1.82, 2.24) is 0 Å². The lowest BCUT2D eigenvalue weighted by molar-refractivity contribution is -0.173. The first-order chi connectivity index (χ1) is 9.17. The summed E-state index contributed by atoms with van der Waals surface area (Å²) >= 11 is 3.54. The minimum atomic E-state index is -0.0882. The summed E-state index contributed by atoms with van der Waals surface area (Å²) in [6.07, 6.45) is 3.34. The van der Waals surface area contributed by atoms with Gasteiger partial charge in [-0.25, -0.2) is 0 Å². The molecular weight excluding hydrogens is 308 g/mol. The summed E-state index contributed by atoms with van der Waals surface area (Å²) in [5, 5.41) is 9.92. The summed E-state index contributed by atoms with van der Waals surface area (Å²) in [5.74, 6) is 0.895. The Labute approximate surface area is 122 Å². The van der Waals surface area contributed by atoms with Gasteiger partial charge < -0.3 is 14.6 Å². The smallest absolute Gasteiger partial charge is 0.122 e. The zero-order valence-corrected chi connectivity index (χ0v) is 12.7. The van der Waals surface area contributed by atoms with E-state index in [4.69, 9.17) is 9.47 Å². The van der Waals surface area contributed by atoms with Crippen molar-refractivity contribution in [3.8, 4) is 5.75 Å². The fraction of sp³-hybridized carbons (Fsp3) is 0.600. The summed E-state index contributed by atoms with van der Waals surface area (Å²) in [6, 6.07) is 6.10. The van der Waals surface area contributed by atoms with Crippen LogP contribution in [0.15, 0.2) is 22.7 Å². The molecule has 1 saturated heterocycles. The summed E-state index contributed by atoms with van der Waals surface area (Å²) in [5.41, 5.74) is 1.05. The van der Waals surface area contributed by atoms with Crippen molar-refractivity contribution in [3.63, 3.8) is 0 Å². The van der Waals surface area contributed by atoms with Gasteiger partial charge in [0.15, 0.2) is 0 Å². The van der Waals surface area contributed by atoms with Crippen molar-refractivity contribution < 1.29 is 14.6 Å². The summed E-state index contributed by atoms with van der Waals surface area (Å²) in [7, 11) is 1.70. The van der Waals surface area contributed by atoms with Crippen LogP contribution in [-0.4, -0.2) is 32.0 Å². The molecule has 2 aliphatic rings. The fourth-order valence-electron chi connectivity index (χ4n) is 3.50. The molecule has 0 unspecified atom stereocenters. The van der Waals surface area contributed by atoms with E-state index in [9.17, 15) is 5.11 Å². The van der Waals surface area contributed by atoms with Crippen LogP contribution in [-0.2, 0) is 10.2 Å². The van der Waals surface area contributed by atoms with Gasteiger partial charge in [-0.15, -0.1) is 0 Å². The Kier molecular flexibility index (Phi) is 3.36. The van der Waals surface area contributed by atoms with Crippen LogP contribution in [0.4, 0.5) is 0 Å². The molecule has 1 aromatic rings. The Morgan fingerprint density at radius 1 is 1.37 bits per heavy atom. The third-order valence-corrected chi connectivity index (χ3v) is 5.50. The van der Waals surface area contributed by atoms with Gasteiger partial charge in [0.25, 0.3) is 0 Å². The number of hydrogen-bond acceptors (Lipinski definition) is 3. The second-order valence-electron chi connectivity index (χ2n) is 5.71. The monoisotopic (exact) mass is 326 g/mol. The molecule has 1 heterocycles. The molecule has 0 aromatic heterocycles. The van der Waals surface area contributed by atoms with Crippen LogP contribution < -0.4 is 4.74 Å². The van der Waals surface area contributed by atoms with Gasteiger partial charge in [0.1, 0.15) is 5.75 Å². The largest absolute Gasteiger partial charge is 0.496 e. The van der Waals surface area contributed by atoms with Crippen molar-refractivity contribution >= 4 is 15.9 Å². The van der Waals surface area contributed by atoms with Gasteiger partial charge in [-0.3, -0.25) is 0 Å². The van der Waals surface area contributed by atoms with Crippen LogP contribution in [0.2, 0.25) is 0 Å². The van der Waals surface area contributed by atoms with E-state index in [1.54, 1.807) is 7.11 Å². The average Bonchev–Trinajstić information content (AvgIpc) is 2.31. The van der Waals surface area contributed by atoms with Crippen LogP contribution in [0.1, 0.15) is 24.8 Å². The minimum absolute atomic E-state index is 0.0284. The minimum Gasteiger partial charge on any atom is -0.496 e. The van der Waals surface area contributed by atoms with Crippen molar-refractivity contribution in [1.29, 1.82) is 0 Å². The molecule has 19 heavy (non-hydrogen) atoms. The maximum atomic E-state index is 9.92. The van der Waals surface area contributed by atoms with Crippen molar-refractivity contribution in [2.24, 2.45) is 5.41 Å². The third kappa shape index (κ3) is 1.77. The van der Waals surface area contributed by atoms with Gasteiger partial charge in [-0.1, -0.05) is 22.4 Å². The van der Waals surface area contributed by atoms with Gasteiger partial charge in [0.2, 0.25) is 0 Å². The molecule has 1 aliphatic carbocycles. The van der Waals surface area contributed by atoms with E-state index < -0.39 is 0 Å². The number of benzene rings is 1. The number of methoxy groups -OCH3 is 1. The molecule has 0 radical (unpaired) electrons. The van der Waals surface area contributed by atoms with Crippen molar-refractivity contribution in [2.75, 3.05) is 26.9 Å². The lowest BCUT2D eigenvalue weighted by Gasteiger charge is -2.59. The van der Waals surface area contributed by atoms with Crippen LogP contribution in [0, 0.1) is 5.41 Å². The molecule has 3 rings (SSSR count). The zero-order valence-electron chi connectivity index (χ0n) is 11.1. The first-order valence-electron chi connectivity index (χ1n) is 6.70. The predicted molar refractivity (Wildman–Crippen MR) is 76.6 cm³/mol. The van der Waals surface area contributed by atoms with Gasteiger partial charge in [-0.2, -0.15) is 0 Å². The molecule has 2 fully saturated rings. The number of ether oxygens (including phenoxy) is 2. The molecule has 0 amide bonds. The van der Waals surface area contributed by atoms with E-state index in [1.807, 2.05) is 12.1 Å². The maximum Gasteiger partial charge on any atom is 0.122 e. The number of aliphatic hydroxyl groups is 1. The highest BCUT2D eigenvalue weighted by Gasteiger charge is 2.60. The molecule has 1 aliphatic heterocycles. The number of halogens is 1. The van der Waals surface area contributed by atoms with Crippen molar-refractivity contribution in [3.05, 3.63) is 28.2 Å². The quantitative estimate of drug-likeness (QED) is 0.924. The second kappa shape index (κ2) is 4.76. The topological polar surface area (TPSA) is 38.7 Å². The van der Waals surface area contributed by atoms with Crippen molar-refractivity contribution in [2.45, 2.75) is 24.7 Å². The average molecular weight is 327 g/mol. The van der Waals surface area contributed by atoms with Gasteiger partial charge in [-0.05, 0) is 31.0 Å². The first-order valence-corrected chi connectivity index (χ1v) is 7.49. The maximum absolute atomic E-state index is 9.92. The number of hydrogen-bond donors (Lipinski definition) is 1. The second-order valence-corrected chi connectivity index (χ2v) is 6.63. The van der Waals surface area contributed by atoms with E-state index in [0.29, 0.717) is 13.2 Å². The van der Waals surface area contributed by atoms with E-state index >= 15 is 0 Å². The molecule has 0 bridgehead atoms. The molecule has 104 valence electrons. The SMILES string of the molecule is COc1ccc(Br)cc1C1(C2(CO)CCC2)COC1. The summed E-state index contributed by atoms with van der Waals surface area (Å²) in [4.78, 5) is 0. The molecule has 3 nitrogen and oxygen atoms in total. The molecule has 0 spiro atoms. The number of rotatable bonds is 4. The van der Waals surface area contributed by atoms with E-state index in [1.165, 1.54) is 12.0 Å². The van der Waals surface area contributed by atoms with E-state index in [2.05, 4.69) is 22.0 Å². The zero-order chi connectivity index (χ0) is 13.5. The van der Waals surface area contributed by atoms with Gasteiger partial charge >= 0.3 is 0 Å². The Hall–Kier alpha value is -0.580. The Balaban J connectivity index is 2.09. The summed E-state index contributed by atoms with van der Waals surface area (Å²) < 4.78 is 12.1. The van der Waals surface area contributed by atoms with Crippen LogP contribution >= 0.6 is 15.9 Å². The van der Waals surface area contributed by atoms with Crippen LogP contribution in [0.3, 0.4) is 0 Å². The van der Waals surface area contributed by atoms with E-state index in [0.717, 1.165) is 23.1 Å². The third-order valence-electron chi connectivity index (χ3n) is 5.00. The highest BCUT2D eigenvalue weighted by atomic mass is 79.9. The lowest BCUT2D eigenvalue weighted by Crippen LogP contribution is -2.63. The Morgan fingerprint density at radius 2 is 2.11 bits per heavy atom. The first kappa shape index (κ1) is 13.4. The van der Waals surface area contributed by atoms with Gasteiger partial charge in [0, 0.05) is 22.1 Å². The van der Waals surface area contributed by atoms with Gasteiger partial charge in [0.05, 0.1) is 25.7 Å². The Morgan fingerprint density at radius 3 is 2.53 bits per heavy atom. The highest BCUT2D eigenvalue weighted by Crippen LogP contribution is 2.59. The Bertz CT molecular complexity index is 473. The fourth-order valence-corrected chi connectivity index (χ4v) is 3.86. The van der Waals surface area contributed by atoms with Crippen LogP contribution in [0.25, 0.3) is 0 Å². The molecule has 1 aromatic carbocycles. The highest BCUT2D eigenvalue weighted by molar-refractivity contribution is 9.10. The molecular formula is C15H19BrO3. The van der Waals surface area contributed by atoms with E-state index in [-0.39, 0.29) is 17.4 Å². The molecule has 4 heteroatoms. The molecule has 0 atom stereocenters. The molecule has 1 saturated carbocycles. The lowest BCUT2D eigenvalue weighted by atomic mass is 9.50. The van der Waals surface area contributed by atoms with Crippen LogP contribution in [0.5, 0.6) is 5.75 Å².